The molecule has 1 aliphatic rings. The summed E-state index contributed by atoms with van der Waals surface area (Å²) in [4.78, 5) is 0.279. The van der Waals surface area contributed by atoms with Crippen LogP contribution in [-0.2, 0) is 9.84 Å². The molecule has 0 aromatic heterocycles. The SMILES string of the molecule is COc1ccc(OC)c(/C=N/NC2=CS(=O)(=O)c3ccccc32)c1. The highest BCUT2D eigenvalue weighted by molar-refractivity contribution is 7.95. The number of ether oxygens (including phenoxy) is 2. The summed E-state index contributed by atoms with van der Waals surface area (Å²) in [5.41, 5.74) is 4.53. The first-order valence-corrected chi connectivity index (χ1v) is 8.67. The monoisotopic (exact) mass is 344 g/mol. The predicted octanol–water partition coefficient (Wildman–Crippen LogP) is 2.41. The molecule has 3 rings (SSSR count). The lowest BCUT2D eigenvalue weighted by Gasteiger charge is -2.07. The second-order valence-electron chi connectivity index (χ2n) is 5.05. The van der Waals surface area contributed by atoms with Gasteiger partial charge in [-0.2, -0.15) is 5.10 Å². The van der Waals surface area contributed by atoms with Crippen LogP contribution in [0.15, 0.2) is 57.9 Å². The molecule has 1 N–H and O–H groups in total. The highest BCUT2D eigenvalue weighted by Crippen LogP contribution is 2.31. The fraction of sp³-hybridized carbons (Fsp3) is 0.118. The van der Waals surface area contributed by atoms with Gasteiger partial charge in [0.15, 0.2) is 0 Å². The molecule has 2 aromatic carbocycles. The standard InChI is InChI=1S/C17H16N2O4S/c1-22-13-7-8-16(23-2)12(9-13)10-18-19-15-11-24(20,21)17-6-4-3-5-14(15)17/h3-11,19H,1-2H3/b18-10+. The second-order valence-corrected chi connectivity index (χ2v) is 6.82. The van der Waals surface area contributed by atoms with Crippen LogP contribution in [0.5, 0.6) is 11.5 Å². The Hall–Kier alpha value is -2.80. The van der Waals surface area contributed by atoms with Gasteiger partial charge in [-0.1, -0.05) is 18.2 Å². The van der Waals surface area contributed by atoms with Crippen molar-refractivity contribution in [3.63, 3.8) is 0 Å². The van der Waals surface area contributed by atoms with E-state index in [9.17, 15) is 8.42 Å². The molecule has 7 heteroatoms. The maximum Gasteiger partial charge on any atom is 0.202 e. The van der Waals surface area contributed by atoms with E-state index >= 15 is 0 Å². The summed E-state index contributed by atoms with van der Waals surface area (Å²) in [6.45, 7) is 0. The van der Waals surface area contributed by atoms with Crippen molar-refractivity contribution >= 4 is 21.7 Å². The molecular weight excluding hydrogens is 328 g/mol. The van der Waals surface area contributed by atoms with E-state index in [0.29, 0.717) is 28.3 Å². The number of hydrogen-bond donors (Lipinski definition) is 1. The maximum atomic E-state index is 12.1. The van der Waals surface area contributed by atoms with Gasteiger partial charge in [0.1, 0.15) is 11.5 Å². The Morgan fingerprint density at radius 3 is 2.62 bits per heavy atom. The third kappa shape index (κ3) is 2.98. The molecule has 6 nitrogen and oxygen atoms in total. The number of benzene rings is 2. The van der Waals surface area contributed by atoms with Crippen molar-refractivity contribution in [2.45, 2.75) is 4.90 Å². The Labute approximate surface area is 140 Å². The zero-order valence-corrected chi connectivity index (χ0v) is 14.0. The van der Waals surface area contributed by atoms with Gasteiger partial charge >= 0.3 is 0 Å². The summed E-state index contributed by atoms with van der Waals surface area (Å²) in [5, 5.41) is 5.31. The molecule has 0 atom stereocenters. The van der Waals surface area contributed by atoms with Crippen molar-refractivity contribution in [1.29, 1.82) is 0 Å². The Bertz CT molecular complexity index is 933. The van der Waals surface area contributed by atoms with Gasteiger partial charge in [0.25, 0.3) is 0 Å². The molecule has 2 aromatic rings. The van der Waals surface area contributed by atoms with E-state index in [1.807, 2.05) is 0 Å². The average Bonchev–Trinajstić information content (AvgIpc) is 2.86. The van der Waals surface area contributed by atoms with Gasteiger partial charge in [0.2, 0.25) is 9.84 Å². The summed E-state index contributed by atoms with van der Waals surface area (Å²) in [7, 11) is -0.277. The van der Waals surface area contributed by atoms with Gasteiger partial charge in [-0.25, -0.2) is 8.42 Å². The first-order chi connectivity index (χ1) is 11.5. The summed E-state index contributed by atoms with van der Waals surface area (Å²) in [6.07, 6.45) is 1.55. The van der Waals surface area contributed by atoms with Crippen molar-refractivity contribution in [3.8, 4) is 11.5 Å². The molecule has 0 unspecified atom stereocenters. The molecule has 0 bridgehead atoms. The highest BCUT2D eigenvalue weighted by atomic mass is 32.2. The number of hydrogen-bond acceptors (Lipinski definition) is 6. The van der Waals surface area contributed by atoms with Gasteiger partial charge in [0, 0.05) is 11.1 Å². The van der Waals surface area contributed by atoms with E-state index in [-0.39, 0.29) is 4.90 Å². The van der Waals surface area contributed by atoms with Crippen LogP contribution < -0.4 is 14.9 Å². The summed E-state index contributed by atoms with van der Waals surface area (Å²) in [6, 6.07) is 12.1. The number of rotatable bonds is 5. The van der Waals surface area contributed by atoms with Crippen LogP contribution in [-0.4, -0.2) is 28.9 Å². The van der Waals surface area contributed by atoms with Gasteiger partial charge in [-0.3, -0.25) is 5.43 Å². The van der Waals surface area contributed by atoms with Gasteiger partial charge in [0.05, 0.1) is 36.4 Å². The van der Waals surface area contributed by atoms with Crippen molar-refractivity contribution in [3.05, 3.63) is 59.0 Å². The lowest BCUT2D eigenvalue weighted by atomic mass is 10.2. The maximum absolute atomic E-state index is 12.1. The Morgan fingerprint density at radius 2 is 1.88 bits per heavy atom. The van der Waals surface area contributed by atoms with Crippen LogP contribution in [0.3, 0.4) is 0 Å². The fourth-order valence-corrected chi connectivity index (χ4v) is 3.79. The molecule has 0 amide bonds. The number of nitrogens with one attached hydrogen (secondary N) is 1. The van der Waals surface area contributed by atoms with Crippen molar-refractivity contribution in [2.75, 3.05) is 14.2 Å². The topological polar surface area (TPSA) is 77.0 Å². The molecule has 0 saturated carbocycles. The Kier molecular flexibility index (Phi) is 4.26. The summed E-state index contributed by atoms with van der Waals surface area (Å²) >= 11 is 0. The van der Waals surface area contributed by atoms with E-state index in [1.54, 1.807) is 62.9 Å². The predicted molar refractivity (Wildman–Crippen MR) is 91.9 cm³/mol. The zero-order valence-electron chi connectivity index (χ0n) is 13.2. The summed E-state index contributed by atoms with van der Waals surface area (Å²) < 4.78 is 34.6. The lowest BCUT2D eigenvalue weighted by Crippen LogP contribution is -2.03. The van der Waals surface area contributed by atoms with Gasteiger partial charge < -0.3 is 9.47 Å². The molecule has 24 heavy (non-hydrogen) atoms. The van der Waals surface area contributed by atoms with E-state index in [2.05, 4.69) is 10.5 Å². The molecule has 0 fully saturated rings. The normalized spacial score (nSPS) is 15.0. The highest BCUT2D eigenvalue weighted by Gasteiger charge is 2.26. The molecule has 0 aliphatic carbocycles. The minimum Gasteiger partial charge on any atom is -0.497 e. The average molecular weight is 344 g/mol. The largest absolute Gasteiger partial charge is 0.497 e. The van der Waals surface area contributed by atoms with Crippen molar-refractivity contribution in [2.24, 2.45) is 5.10 Å². The third-order valence-corrected chi connectivity index (χ3v) is 5.10. The van der Waals surface area contributed by atoms with E-state index in [0.717, 1.165) is 0 Å². The quantitative estimate of drug-likeness (QED) is 0.666. The molecule has 1 heterocycles. The minimum atomic E-state index is -3.42. The first kappa shape index (κ1) is 16.1. The lowest BCUT2D eigenvalue weighted by molar-refractivity contribution is 0.402. The number of methoxy groups -OCH3 is 2. The molecular formula is C17H16N2O4S. The minimum absolute atomic E-state index is 0.279. The van der Waals surface area contributed by atoms with Crippen LogP contribution in [0.25, 0.3) is 5.70 Å². The number of sulfone groups is 1. The number of fused-ring (bicyclic) bond motifs is 1. The van der Waals surface area contributed by atoms with Crippen LogP contribution in [0.1, 0.15) is 11.1 Å². The molecule has 0 spiro atoms. The van der Waals surface area contributed by atoms with E-state index < -0.39 is 9.84 Å². The summed E-state index contributed by atoms with van der Waals surface area (Å²) in [5.74, 6) is 1.31. The van der Waals surface area contributed by atoms with Crippen molar-refractivity contribution < 1.29 is 17.9 Å². The third-order valence-electron chi connectivity index (χ3n) is 3.58. The van der Waals surface area contributed by atoms with E-state index in [1.165, 1.54) is 5.41 Å². The first-order valence-electron chi connectivity index (χ1n) is 7.12. The second kappa shape index (κ2) is 6.37. The fourth-order valence-electron chi connectivity index (χ4n) is 2.42. The van der Waals surface area contributed by atoms with Crippen molar-refractivity contribution in [1.82, 2.24) is 5.43 Å². The molecule has 0 radical (unpaired) electrons. The van der Waals surface area contributed by atoms with Crippen LogP contribution in [0, 0.1) is 0 Å². The van der Waals surface area contributed by atoms with Gasteiger partial charge in [-0.15, -0.1) is 0 Å². The Balaban J connectivity index is 1.86. The van der Waals surface area contributed by atoms with Crippen LogP contribution >= 0.6 is 0 Å². The van der Waals surface area contributed by atoms with E-state index in [4.69, 9.17) is 9.47 Å². The molecule has 1 aliphatic heterocycles. The molecule has 0 saturated heterocycles. The molecule has 124 valence electrons. The van der Waals surface area contributed by atoms with Gasteiger partial charge in [-0.05, 0) is 24.3 Å². The van der Waals surface area contributed by atoms with Crippen LogP contribution in [0.2, 0.25) is 0 Å². The smallest absolute Gasteiger partial charge is 0.202 e. The number of nitrogens with zero attached hydrogens (tertiary/aromatic N) is 1. The van der Waals surface area contributed by atoms with Crippen LogP contribution in [0.4, 0.5) is 0 Å². The number of hydrazone groups is 1. The zero-order chi connectivity index (χ0) is 17.2. The Morgan fingerprint density at radius 1 is 1.08 bits per heavy atom.